The number of amides is 2. The Morgan fingerprint density at radius 2 is 2.00 bits per heavy atom. The summed E-state index contributed by atoms with van der Waals surface area (Å²) in [4.78, 5) is 26.5. The van der Waals surface area contributed by atoms with Gasteiger partial charge in [-0.15, -0.1) is 10.2 Å². The average molecular weight is 341 g/mol. The molecule has 4 rings (SSSR count). The minimum Gasteiger partial charge on any atom is -0.353 e. The molecule has 2 fully saturated rings. The average Bonchev–Trinajstić information content (AvgIpc) is 3.31. The minimum absolute atomic E-state index is 0.0172. The number of nitrogens with zero attached hydrogens (tertiary/aromatic N) is 4. The van der Waals surface area contributed by atoms with Crippen molar-refractivity contribution in [3.05, 3.63) is 30.2 Å². The van der Waals surface area contributed by atoms with E-state index in [4.69, 9.17) is 0 Å². The van der Waals surface area contributed by atoms with Gasteiger partial charge in [-0.3, -0.25) is 14.0 Å². The maximum atomic E-state index is 12.8. The van der Waals surface area contributed by atoms with E-state index in [9.17, 15) is 9.59 Å². The van der Waals surface area contributed by atoms with Gasteiger partial charge >= 0.3 is 0 Å². The smallest absolute Gasteiger partial charge is 0.257 e. The first-order chi connectivity index (χ1) is 12.2. The van der Waals surface area contributed by atoms with E-state index in [0.29, 0.717) is 29.6 Å². The number of carbonyl (C=O) groups excluding carboxylic acids is 2. The highest BCUT2D eigenvalue weighted by atomic mass is 16.2. The molecule has 132 valence electrons. The predicted molar refractivity (Wildman–Crippen MR) is 92.0 cm³/mol. The van der Waals surface area contributed by atoms with Crippen molar-refractivity contribution in [2.45, 2.75) is 44.6 Å². The molecule has 3 heterocycles. The van der Waals surface area contributed by atoms with E-state index in [1.54, 1.807) is 16.8 Å². The maximum absolute atomic E-state index is 12.8. The van der Waals surface area contributed by atoms with Gasteiger partial charge in [-0.05, 0) is 50.2 Å². The van der Waals surface area contributed by atoms with E-state index in [1.807, 2.05) is 17.2 Å². The third-order valence-corrected chi connectivity index (χ3v) is 5.18. The monoisotopic (exact) mass is 341 g/mol. The van der Waals surface area contributed by atoms with Gasteiger partial charge in [0.25, 0.3) is 5.91 Å². The molecule has 0 aromatic carbocycles. The molecule has 1 N–H and O–H groups in total. The standard InChI is InChI=1S/C18H23N5O2/c24-16(20-14-4-5-14)6-3-13-7-10-22(11-8-13)18(25)15-2-1-9-23-12-19-21-17(15)23/h1-2,9,12-14H,3-8,10-11H2,(H,20,24). The Labute approximate surface area is 146 Å². The molecule has 1 aliphatic heterocycles. The van der Waals surface area contributed by atoms with Gasteiger partial charge in [-0.1, -0.05) is 0 Å². The second-order valence-electron chi connectivity index (χ2n) is 7.10. The topological polar surface area (TPSA) is 79.6 Å². The first kappa shape index (κ1) is 16.1. The van der Waals surface area contributed by atoms with Crippen LogP contribution in [0.5, 0.6) is 0 Å². The molecule has 1 aliphatic carbocycles. The number of fused-ring (bicyclic) bond motifs is 1. The number of rotatable bonds is 5. The van der Waals surface area contributed by atoms with Gasteiger partial charge in [0.05, 0.1) is 5.56 Å². The van der Waals surface area contributed by atoms with Gasteiger partial charge < -0.3 is 10.2 Å². The fourth-order valence-corrected chi connectivity index (χ4v) is 3.48. The van der Waals surface area contributed by atoms with Gasteiger partial charge in [-0.25, -0.2) is 0 Å². The van der Waals surface area contributed by atoms with Crippen LogP contribution in [0.25, 0.3) is 5.65 Å². The van der Waals surface area contributed by atoms with Crippen LogP contribution in [0.15, 0.2) is 24.7 Å². The Balaban J connectivity index is 1.30. The number of likely N-dealkylation sites (tertiary alicyclic amines) is 1. The number of piperidine rings is 1. The molecule has 1 saturated carbocycles. The van der Waals surface area contributed by atoms with Gasteiger partial charge in [0.1, 0.15) is 6.33 Å². The largest absolute Gasteiger partial charge is 0.353 e. The molecule has 0 radical (unpaired) electrons. The van der Waals surface area contributed by atoms with Crippen LogP contribution in [-0.4, -0.2) is 50.4 Å². The van der Waals surface area contributed by atoms with Crippen LogP contribution >= 0.6 is 0 Å². The highest BCUT2D eigenvalue weighted by molar-refractivity contribution is 5.99. The van der Waals surface area contributed by atoms with E-state index in [-0.39, 0.29) is 11.8 Å². The molecule has 0 bridgehead atoms. The molecule has 7 heteroatoms. The number of hydrogen-bond donors (Lipinski definition) is 1. The molecule has 2 amide bonds. The van der Waals surface area contributed by atoms with Crippen molar-refractivity contribution in [3.8, 4) is 0 Å². The summed E-state index contributed by atoms with van der Waals surface area (Å²) in [5.41, 5.74) is 1.20. The van der Waals surface area contributed by atoms with Crippen molar-refractivity contribution < 1.29 is 9.59 Å². The van der Waals surface area contributed by atoms with Crippen LogP contribution in [0.2, 0.25) is 0 Å². The summed E-state index contributed by atoms with van der Waals surface area (Å²) < 4.78 is 1.76. The normalized spacial score (nSPS) is 18.5. The highest BCUT2D eigenvalue weighted by Gasteiger charge is 2.27. The summed E-state index contributed by atoms with van der Waals surface area (Å²) in [5, 5.41) is 11.0. The molecule has 0 atom stereocenters. The molecular formula is C18H23N5O2. The third-order valence-electron chi connectivity index (χ3n) is 5.18. The molecule has 0 spiro atoms. The molecule has 25 heavy (non-hydrogen) atoms. The van der Waals surface area contributed by atoms with Crippen LogP contribution in [0, 0.1) is 5.92 Å². The Morgan fingerprint density at radius 1 is 1.20 bits per heavy atom. The number of carbonyl (C=O) groups is 2. The molecular weight excluding hydrogens is 318 g/mol. The molecule has 0 unspecified atom stereocenters. The number of pyridine rings is 1. The zero-order valence-electron chi connectivity index (χ0n) is 14.2. The van der Waals surface area contributed by atoms with Crippen molar-refractivity contribution >= 4 is 17.5 Å². The summed E-state index contributed by atoms with van der Waals surface area (Å²) in [5.74, 6) is 0.723. The SMILES string of the molecule is O=C(CCC1CCN(C(=O)c2cccn3cnnc23)CC1)NC1CC1. The van der Waals surface area contributed by atoms with Crippen molar-refractivity contribution in [1.29, 1.82) is 0 Å². The Bertz CT molecular complexity index is 775. The summed E-state index contributed by atoms with van der Waals surface area (Å²) in [7, 11) is 0. The second kappa shape index (κ2) is 6.82. The summed E-state index contributed by atoms with van der Waals surface area (Å²) in [6.07, 6.45) is 9.14. The minimum atomic E-state index is 0.0172. The van der Waals surface area contributed by atoms with Crippen molar-refractivity contribution in [2.24, 2.45) is 5.92 Å². The van der Waals surface area contributed by atoms with Crippen molar-refractivity contribution in [3.63, 3.8) is 0 Å². The number of aromatic nitrogens is 3. The lowest BCUT2D eigenvalue weighted by Gasteiger charge is -2.32. The van der Waals surface area contributed by atoms with E-state index < -0.39 is 0 Å². The van der Waals surface area contributed by atoms with Crippen molar-refractivity contribution in [1.82, 2.24) is 24.8 Å². The van der Waals surface area contributed by atoms with E-state index in [1.165, 1.54) is 0 Å². The summed E-state index contributed by atoms with van der Waals surface area (Å²) in [6.45, 7) is 1.48. The van der Waals surface area contributed by atoms with Gasteiger partial charge in [0.15, 0.2) is 5.65 Å². The van der Waals surface area contributed by atoms with Gasteiger partial charge in [-0.2, -0.15) is 0 Å². The van der Waals surface area contributed by atoms with Crippen molar-refractivity contribution in [2.75, 3.05) is 13.1 Å². The lowest BCUT2D eigenvalue weighted by molar-refractivity contribution is -0.121. The summed E-state index contributed by atoms with van der Waals surface area (Å²) in [6, 6.07) is 4.09. The molecule has 2 aliphatic rings. The number of nitrogens with one attached hydrogen (secondary N) is 1. The molecule has 2 aromatic heterocycles. The second-order valence-corrected chi connectivity index (χ2v) is 7.10. The zero-order valence-corrected chi connectivity index (χ0v) is 14.2. The molecule has 1 saturated heterocycles. The van der Waals surface area contributed by atoms with Crippen LogP contribution in [-0.2, 0) is 4.79 Å². The lowest BCUT2D eigenvalue weighted by Crippen LogP contribution is -2.39. The van der Waals surface area contributed by atoms with E-state index >= 15 is 0 Å². The first-order valence-electron chi connectivity index (χ1n) is 9.07. The Kier molecular flexibility index (Phi) is 4.38. The fraction of sp³-hybridized carbons (Fsp3) is 0.556. The van der Waals surface area contributed by atoms with Crippen LogP contribution in [0.1, 0.15) is 48.9 Å². The Hall–Kier alpha value is -2.44. The van der Waals surface area contributed by atoms with Gasteiger partial charge in [0, 0.05) is 31.7 Å². The predicted octanol–water partition coefficient (Wildman–Crippen LogP) is 1.64. The van der Waals surface area contributed by atoms with E-state index in [2.05, 4.69) is 15.5 Å². The number of hydrogen-bond acceptors (Lipinski definition) is 4. The quantitative estimate of drug-likeness (QED) is 0.897. The first-order valence-corrected chi connectivity index (χ1v) is 9.07. The van der Waals surface area contributed by atoms with Crippen LogP contribution in [0.3, 0.4) is 0 Å². The fourth-order valence-electron chi connectivity index (χ4n) is 3.48. The third kappa shape index (κ3) is 3.65. The Morgan fingerprint density at radius 3 is 2.76 bits per heavy atom. The highest BCUT2D eigenvalue weighted by Crippen LogP contribution is 2.24. The van der Waals surface area contributed by atoms with Crippen LogP contribution in [0.4, 0.5) is 0 Å². The lowest BCUT2D eigenvalue weighted by atomic mass is 9.91. The summed E-state index contributed by atoms with van der Waals surface area (Å²) >= 11 is 0. The molecule has 7 nitrogen and oxygen atoms in total. The molecule has 2 aromatic rings. The van der Waals surface area contributed by atoms with Gasteiger partial charge in [0.2, 0.25) is 5.91 Å². The van der Waals surface area contributed by atoms with Crippen LogP contribution < -0.4 is 5.32 Å². The maximum Gasteiger partial charge on any atom is 0.257 e. The zero-order chi connectivity index (χ0) is 17.2. The van der Waals surface area contributed by atoms with E-state index in [0.717, 1.165) is 45.2 Å².